The van der Waals surface area contributed by atoms with Gasteiger partial charge in [0.05, 0.1) is 22.6 Å². The molecule has 22 heavy (non-hydrogen) atoms. The summed E-state index contributed by atoms with van der Waals surface area (Å²) < 4.78 is 0. The van der Waals surface area contributed by atoms with Gasteiger partial charge in [-0.1, -0.05) is 30.3 Å². The number of nitrogens with two attached hydrogens (primary N) is 1. The van der Waals surface area contributed by atoms with Crippen LogP contribution in [0.25, 0.3) is 0 Å². The summed E-state index contributed by atoms with van der Waals surface area (Å²) in [5.41, 5.74) is 5.85. The van der Waals surface area contributed by atoms with Gasteiger partial charge in [0.2, 0.25) is 5.91 Å². The SMILES string of the molecule is NC(=O)c1ccccc1NC(=O)Cc1ccccc1[N+](=O)[O-]. The first-order valence-electron chi connectivity index (χ1n) is 6.40. The van der Waals surface area contributed by atoms with Crippen LogP contribution in [-0.2, 0) is 11.2 Å². The smallest absolute Gasteiger partial charge is 0.273 e. The molecule has 0 saturated heterocycles. The van der Waals surface area contributed by atoms with E-state index < -0.39 is 16.7 Å². The van der Waals surface area contributed by atoms with Crippen molar-refractivity contribution in [1.29, 1.82) is 0 Å². The van der Waals surface area contributed by atoms with Crippen LogP contribution in [0.15, 0.2) is 48.5 Å². The summed E-state index contributed by atoms with van der Waals surface area (Å²) in [5.74, 6) is -1.13. The Balaban J connectivity index is 2.18. The van der Waals surface area contributed by atoms with E-state index in [1.54, 1.807) is 18.2 Å². The Morgan fingerprint density at radius 3 is 2.41 bits per heavy atom. The van der Waals surface area contributed by atoms with Crippen LogP contribution in [0.4, 0.5) is 11.4 Å². The Bertz CT molecular complexity index is 682. The molecule has 0 radical (unpaired) electrons. The number of primary amides is 1. The van der Waals surface area contributed by atoms with E-state index >= 15 is 0 Å². The van der Waals surface area contributed by atoms with Crippen LogP contribution < -0.4 is 11.1 Å². The fourth-order valence-corrected chi connectivity index (χ4v) is 2.01. The van der Waals surface area contributed by atoms with Gasteiger partial charge in [0, 0.05) is 11.6 Å². The molecule has 0 atom stereocenters. The molecule has 2 amide bonds. The second kappa shape index (κ2) is 6.49. The number of benzene rings is 2. The minimum Gasteiger partial charge on any atom is -0.366 e. The third-order valence-corrected chi connectivity index (χ3v) is 3.01. The lowest BCUT2D eigenvalue weighted by atomic mass is 10.1. The molecule has 7 nitrogen and oxygen atoms in total. The first-order chi connectivity index (χ1) is 10.5. The van der Waals surface area contributed by atoms with Crippen molar-refractivity contribution in [3.05, 3.63) is 69.8 Å². The number of nitrogens with one attached hydrogen (secondary N) is 1. The standard InChI is InChI=1S/C15H13N3O4/c16-15(20)11-6-2-3-7-12(11)17-14(19)9-10-5-1-4-8-13(10)18(21)22/h1-8H,9H2,(H2,16,20)(H,17,19). The van der Waals surface area contributed by atoms with Crippen LogP contribution in [-0.4, -0.2) is 16.7 Å². The molecule has 2 rings (SSSR count). The fourth-order valence-electron chi connectivity index (χ4n) is 2.01. The van der Waals surface area contributed by atoms with Gasteiger partial charge in [-0.3, -0.25) is 19.7 Å². The third kappa shape index (κ3) is 3.45. The van der Waals surface area contributed by atoms with Crippen molar-refractivity contribution < 1.29 is 14.5 Å². The van der Waals surface area contributed by atoms with E-state index in [9.17, 15) is 19.7 Å². The van der Waals surface area contributed by atoms with Crippen molar-refractivity contribution in [1.82, 2.24) is 0 Å². The highest BCUT2D eigenvalue weighted by Crippen LogP contribution is 2.19. The Morgan fingerprint density at radius 1 is 1.09 bits per heavy atom. The summed E-state index contributed by atoms with van der Waals surface area (Å²) in [5, 5.41) is 13.5. The summed E-state index contributed by atoms with van der Waals surface area (Å²) in [6.45, 7) is 0. The third-order valence-electron chi connectivity index (χ3n) is 3.01. The van der Waals surface area contributed by atoms with Gasteiger partial charge in [0.25, 0.3) is 11.6 Å². The quantitative estimate of drug-likeness (QED) is 0.647. The highest BCUT2D eigenvalue weighted by Gasteiger charge is 2.16. The number of nitro benzene ring substituents is 1. The monoisotopic (exact) mass is 299 g/mol. The molecule has 0 unspecified atom stereocenters. The van der Waals surface area contributed by atoms with Crippen LogP contribution in [0.5, 0.6) is 0 Å². The normalized spacial score (nSPS) is 10.0. The zero-order valence-corrected chi connectivity index (χ0v) is 11.5. The number of rotatable bonds is 5. The fraction of sp³-hybridized carbons (Fsp3) is 0.0667. The lowest BCUT2D eigenvalue weighted by Crippen LogP contribution is -2.19. The van der Waals surface area contributed by atoms with Crippen LogP contribution in [0, 0.1) is 10.1 Å². The second-order valence-corrected chi connectivity index (χ2v) is 4.52. The maximum atomic E-state index is 12.0. The maximum absolute atomic E-state index is 12.0. The molecule has 0 saturated carbocycles. The van der Waals surface area contributed by atoms with Crippen molar-refractivity contribution in [3.63, 3.8) is 0 Å². The number of nitrogens with zero attached hydrogens (tertiary/aromatic N) is 1. The first kappa shape index (κ1) is 15.2. The van der Waals surface area contributed by atoms with Gasteiger partial charge in [-0.05, 0) is 12.1 Å². The van der Waals surface area contributed by atoms with Crippen LogP contribution in [0.2, 0.25) is 0 Å². The summed E-state index contributed by atoms with van der Waals surface area (Å²) in [6, 6.07) is 12.3. The van der Waals surface area contributed by atoms with Gasteiger partial charge in [0.15, 0.2) is 0 Å². The molecule has 0 spiro atoms. The van der Waals surface area contributed by atoms with E-state index in [1.807, 2.05) is 0 Å². The summed E-state index contributed by atoms with van der Waals surface area (Å²) in [4.78, 5) is 33.7. The number of carbonyl (C=O) groups excluding carboxylic acids is 2. The highest BCUT2D eigenvalue weighted by atomic mass is 16.6. The van der Waals surface area contributed by atoms with Gasteiger partial charge < -0.3 is 11.1 Å². The molecular formula is C15H13N3O4. The lowest BCUT2D eigenvalue weighted by molar-refractivity contribution is -0.385. The zero-order valence-electron chi connectivity index (χ0n) is 11.5. The minimum atomic E-state index is -0.665. The van der Waals surface area contributed by atoms with E-state index in [4.69, 9.17) is 5.73 Å². The van der Waals surface area contributed by atoms with Crippen molar-refractivity contribution in [2.45, 2.75) is 6.42 Å². The number of anilines is 1. The Kier molecular flexibility index (Phi) is 4.47. The van der Waals surface area contributed by atoms with Crippen molar-refractivity contribution in [3.8, 4) is 0 Å². The predicted octanol–water partition coefficient (Wildman–Crippen LogP) is 1.87. The average Bonchev–Trinajstić information content (AvgIpc) is 2.47. The van der Waals surface area contributed by atoms with Gasteiger partial charge in [0.1, 0.15) is 0 Å². The molecule has 0 heterocycles. The molecule has 112 valence electrons. The van der Waals surface area contributed by atoms with Gasteiger partial charge >= 0.3 is 0 Å². The van der Waals surface area contributed by atoms with Crippen molar-refractivity contribution >= 4 is 23.2 Å². The molecule has 2 aromatic rings. The largest absolute Gasteiger partial charge is 0.366 e. The maximum Gasteiger partial charge on any atom is 0.273 e. The molecule has 0 aliphatic carbocycles. The second-order valence-electron chi connectivity index (χ2n) is 4.52. The van der Waals surface area contributed by atoms with Crippen molar-refractivity contribution in [2.24, 2.45) is 5.73 Å². The van der Waals surface area contributed by atoms with Gasteiger partial charge in [-0.25, -0.2) is 0 Å². The van der Waals surface area contributed by atoms with E-state index in [2.05, 4.69) is 5.32 Å². The molecular weight excluding hydrogens is 286 g/mol. The first-order valence-corrected chi connectivity index (χ1v) is 6.40. The number of nitro groups is 1. The molecule has 0 aromatic heterocycles. The molecule has 3 N–H and O–H groups in total. The topological polar surface area (TPSA) is 115 Å². The van der Waals surface area contributed by atoms with E-state index in [1.165, 1.54) is 30.3 Å². The predicted molar refractivity (Wildman–Crippen MR) is 80.4 cm³/mol. The number of hydrogen-bond acceptors (Lipinski definition) is 4. The molecule has 0 fully saturated rings. The number of carbonyl (C=O) groups is 2. The Labute approximate surface area is 125 Å². The number of para-hydroxylation sites is 2. The lowest BCUT2D eigenvalue weighted by Gasteiger charge is -2.09. The van der Waals surface area contributed by atoms with E-state index in [-0.39, 0.29) is 23.4 Å². The molecule has 2 aromatic carbocycles. The molecule has 0 aliphatic heterocycles. The minimum absolute atomic E-state index is 0.124. The van der Waals surface area contributed by atoms with Crippen LogP contribution in [0.1, 0.15) is 15.9 Å². The van der Waals surface area contributed by atoms with Crippen LogP contribution in [0.3, 0.4) is 0 Å². The Morgan fingerprint density at radius 2 is 1.73 bits per heavy atom. The average molecular weight is 299 g/mol. The van der Waals surface area contributed by atoms with Gasteiger partial charge in [-0.2, -0.15) is 0 Å². The summed E-state index contributed by atoms with van der Waals surface area (Å²) in [7, 11) is 0. The molecule has 7 heteroatoms. The molecule has 0 bridgehead atoms. The van der Waals surface area contributed by atoms with E-state index in [0.717, 1.165) is 0 Å². The number of amides is 2. The Hall–Kier alpha value is -3.22. The van der Waals surface area contributed by atoms with Crippen molar-refractivity contribution in [2.75, 3.05) is 5.32 Å². The van der Waals surface area contributed by atoms with E-state index in [0.29, 0.717) is 5.56 Å². The summed E-state index contributed by atoms with van der Waals surface area (Å²) >= 11 is 0. The summed E-state index contributed by atoms with van der Waals surface area (Å²) in [6.07, 6.45) is -0.176. The number of hydrogen-bond donors (Lipinski definition) is 2. The molecule has 0 aliphatic rings. The zero-order chi connectivity index (χ0) is 16.1. The highest BCUT2D eigenvalue weighted by molar-refractivity contribution is 6.03. The van der Waals surface area contributed by atoms with Crippen LogP contribution >= 0.6 is 0 Å². The van der Waals surface area contributed by atoms with Gasteiger partial charge in [-0.15, -0.1) is 0 Å².